The summed E-state index contributed by atoms with van der Waals surface area (Å²) in [5.41, 5.74) is 1.15. The summed E-state index contributed by atoms with van der Waals surface area (Å²) in [6.45, 7) is 10.9. The first-order valence-electron chi connectivity index (χ1n) is 6.21. The zero-order valence-corrected chi connectivity index (χ0v) is 12.5. The molecule has 0 aliphatic carbocycles. The van der Waals surface area contributed by atoms with Gasteiger partial charge in [-0.3, -0.25) is 0 Å². The fourth-order valence-electron chi connectivity index (χ4n) is 1.37. The Morgan fingerprint density at radius 2 is 1.88 bits per heavy atom. The SMILES string of the molecule is CCc1nc(NC)c(C)c(SC(C)C(C)C)n1. The number of anilines is 1. The van der Waals surface area contributed by atoms with Crippen molar-refractivity contribution in [2.75, 3.05) is 12.4 Å². The molecule has 0 bridgehead atoms. The number of nitrogens with zero attached hydrogens (tertiary/aromatic N) is 2. The van der Waals surface area contributed by atoms with Crippen LogP contribution in [0.25, 0.3) is 0 Å². The number of aromatic nitrogens is 2. The van der Waals surface area contributed by atoms with Gasteiger partial charge in [0.15, 0.2) is 0 Å². The van der Waals surface area contributed by atoms with Crippen LogP contribution in [-0.4, -0.2) is 22.3 Å². The van der Waals surface area contributed by atoms with Crippen LogP contribution in [0.3, 0.4) is 0 Å². The normalized spacial score (nSPS) is 12.9. The minimum absolute atomic E-state index is 0.568. The van der Waals surface area contributed by atoms with Crippen LogP contribution in [0, 0.1) is 12.8 Å². The van der Waals surface area contributed by atoms with Crippen LogP contribution >= 0.6 is 11.8 Å². The van der Waals surface area contributed by atoms with E-state index in [0.29, 0.717) is 11.2 Å². The number of hydrogen-bond donors (Lipinski definition) is 1. The lowest BCUT2D eigenvalue weighted by atomic mass is 10.2. The molecule has 0 amide bonds. The molecule has 4 heteroatoms. The third-order valence-corrected chi connectivity index (χ3v) is 4.47. The summed E-state index contributed by atoms with van der Waals surface area (Å²) in [6, 6.07) is 0. The molecule has 0 fully saturated rings. The van der Waals surface area contributed by atoms with Crippen molar-refractivity contribution in [2.24, 2.45) is 5.92 Å². The second kappa shape index (κ2) is 6.24. The van der Waals surface area contributed by atoms with E-state index in [2.05, 4.69) is 49.9 Å². The van der Waals surface area contributed by atoms with Crippen LogP contribution in [0.1, 0.15) is 39.1 Å². The average molecular weight is 253 g/mol. The molecule has 17 heavy (non-hydrogen) atoms. The Balaban J connectivity index is 3.05. The van der Waals surface area contributed by atoms with Crippen molar-refractivity contribution < 1.29 is 0 Å². The molecule has 0 spiro atoms. The summed E-state index contributed by atoms with van der Waals surface area (Å²) in [5.74, 6) is 2.52. The summed E-state index contributed by atoms with van der Waals surface area (Å²) < 4.78 is 0. The first-order chi connectivity index (χ1) is 7.99. The van der Waals surface area contributed by atoms with Gasteiger partial charge in [0.1, 0.15) is 16.7 Å². The zero-order chi connectivity index (χ0) is 13.0. The number of hydrogen-bond acceptors (Lipinski definition) is 4. The van der Waals surface area contributed by atoms with Crippen molar-refractivity contribution in [3.05, 3.63) is 11.4 Å². The average Bonchev–Trinajstić information content (AvgIpc) is 2.31. The van der Waals surface area contributed by atoms with Gasteiger partial charge in [-0.25, -0.2) is 9.97 Å². The molecule has 1 aromatic heterocycles. The standard InChI is InChI=1S/C13H23N3S/c1-7-11-15-12(14-6)9(4)13(16-11)17-10(5)8(2)3/h8,10H,7H2,1-6H3,(H,14,15,16). The van der Waals surface area contributed by atoms with Gasteiger partial charge >= 0.3 is 0 Å². The van der Waals surface area contributed by atoms with Gasteiger partial charge in [0, 0.05) is 24.3 Å². The van der Waals surface area contributed by atoms with Crippen LogP contribution in [0.5, 0.6) is 0 Å². The summed E-state index contributed by atoms with van der Waals surface area (Å²) in [4.78, 5) is 9.12. The first kappa shape index (κ1) is 14.3. The van der Waals surface area contributed by atoms with Gasteiger partial charge < -0.3 is 5.32 Å². The van der Waals surface area contributed by atoms with Crippen molar-refractivity contribution in [3.63, 3.8) is 0 Å². The second-order valence-electron chi connectivity index (χ2n) is 4.59. The molecule has 0 saturated carbocycles. The van der Waals surface area contributed by atoms with Gasteiger partial charge in [-0.2, -0.15) is 0 Å². The maximum absolute atomic E-state index is 4.63. The topological polar surface area (TPSA) is 37.8 Å². The Labute approximate surface area is 109 Å². The van der Waals surface area contributed by atoms with Gasteiger partial charge in [0.05, 0.1) is 0 Å². The highest BCUT2D eigenvalue weighted by molar-refractivity contribution is 7.99. The quantitative estimate of drug-likeness (QED) is 0.643. The Kier molecular flexibility index (Phi) is 5.25. The molecule has 0 aromatic carbocycles. The lowest BCUT2D eigenvalue weighted by Crippen LogP contribution is -2.09. The minimum Gasteiger partial charge on any atom is -0.373 e. The molecule has 1 N–H and O–H groups in total. The lowest BCUT2D eigenvalue weighted by Gasteiger charge is -2.17. The smallest absolute Gasteiger partial charge is 0.133 e. The molecule has 3 nitrogen and oxygen atoms in total. The fraction of sp³-hybridized carbons (Fsp3) is 0.692. The predicted molar refractivity (Wildman–Crippen MR) is 75.9 cm³/mol. The number of aryl methyl sites for hydroxylation is 1. The molecule has 1 atom stereocenters. The summed E-state index contributed by atoms with van der Waals surface area (Å²) in [6.07, 6.45) is 0.874. The maximum atomic E-state index is 4.63. The third kappa shape index (κ3) is 3.60. The monoisotopic (exact) mass is 253 g/mol. The Hall–Kier alpha value is -0.770. The highest BCUT2D eigenvalue weighted by Crippen LogP contribution is 2.31. The predicted octanol–water partition coefficient (Wildman–Crippen LogP) is 3.53. The van der Waals surface area contributed by atoms with Gasteiger partial charge in [-0.05, 0) is 12.8 Å². The molecule has 1 aromatic rings. The molecule has 1 rings (SSSR count). The van der Waals surface area contributed by atoms with E-state index >= 15 is 0 Å². The Morgan fingerprint density at radius 3 is 2.35 bits per heavy atom. The molecule has 1 unspecified atom stereocenters. The van der Waals surface area contributed by atoms with Crippen molar-refractivity contribution in [1.29, 1.82) is 0 Å². The van der Waals surface area contributed by atoms with Gasteiger partial charge in [0.25, 0.3) is 0 Å². The van der Waals surface area contributed by atoms with Crippen LogP contribution in [0.2, 0.25) is 0 Å². The van der Waals surface area contributed by atoms with Gasteiger partial charge in [-0.1, -0.05) is 27.7 Å². The van der Waals surface area contributed by atoms with E-state index in [1.807, 2.05) is 18.8 Å². The van der Waals surface area contributed by atoms with Crippen LogP contribution in [0.4, 0.5) is 5.82 Å². The van der Waals surface area contributed by atoms with Gasteiger partial charge in [0.2, 0.25) is 0 Å². The molecule has 0 saturated heterocycles. The fourth-order valence-corrected chi connectivity index (χ4v) is 2.42. The summed E-state index contributed by atoms with van der Waals surface area (Å²) in [7, 11) is 1.91. The van der Waals surface area contributed by atoms with Crippen LogP contribution < -0.4 is 5.32 Å². The van der Waals surface area contributed by atoms with E-state index in [-0.39, 0.29) is 0 Å². The Bertz CT molecular complexity index is 377. The van der Waals surface area contributed by atoms with Crippen molar-refractivity contribution in [3.8, 4) is 0 Å². The van der Waals surface area contributed by atoms with E-state index in [9.17, 15) is 0 Å². The van der Waals surface area contributed by atoms with Crippen molar-refractivity contribution in [2.45, 2.75) is 51.3 Å². The molecule has 96 valence electrons. The van der Waals surface area contributed by atoms with E-state index in [0.717, 1.165) is 28.7 Å². The number of thioether (sulfide) groups is 1. The molecule has 0 aliphatic heterocycles. The second-order valence-corrected chi connectivity index (χ2v) is 5.96. The third-order valence-electron chi connectivity index (χ3n) is 2.94. The van der Waals surface area contributed by atoms with E-state index in [4.69, 9.17) is 0 Å². The molecular weight excluding hydrogens is 230 g/mol. The number of rotatable bonds is 5. The summed E-state index contributed by atoms with van der Waals surface area (Å²) >= 11 is 1.85. The van der Waals surface area contributed by atoms with Crippen molar-refractivity contribution in [1.82, 2.24) is 9.97 Å². The molecule has 1 heterocycles. The molecule has 0 radical (unpaired) electrons. The molecule has 0 aliphatic rings. The summed E-state index contributed by atoms with van der Waals surface area (Å²) in [5, 5.41) is 4.83. The largest absolute Gasteiger partial charge is 0.373 e. The van der Waals surface area contributed by atoms with Crippen LogP contribution in [-0.2, 0) is 6.42 Å². The highest BCUT2D eigenvalue weighted by atomic mass is 32.2. The highest BCUT2D eigenvalue weighted by Gasteiger charge is 2.15. The minimum atomic E-state index is 0.568. The van der Waals surface area contributed by atoms with Crippen molar-refractivity contribution >= 4 is 17.6 Å². The number of nitrogens with one attached hydrogen (secondary N) is 1. The maximum Gasteiger partial charge on any atom is 0.133 e. The van der Waals surface area contributed by atoms with E-state index in [1.54, 1.807) is 0 Å². The van der Waals surface area contributed by atoms with E-state index < -0.39 is 0 Å². The first-order valence-corrected chi connectivity index (χ1v) is 7.09. The lowest BCUT2D eigenvalue weighted by molar-refractivity contribution is 0.641. The van der Waals surface area contributed by atoms with E-state index in [1.165, 1.54) is 0 Å². The van der Waals surface area contributed by atoms with Crippen LogP contribution in [0.15, 0.2) is 5.03 Å². The Morgan fingerprint density at radius 1 is 1.24 bits per heavy atom. The van der Waals surface area contributed by atoms with Gasteiger partial charge in [-0.15, -0.1) is 11.8 Å². The zero-order valence-electron chi connectivity index (χ0n) is 11.7. The molecular formula is C13H23N3S.